The Labute approximate surface area is 104 Å². The summed E-state index contributed by atoms with van der Waals surface area (Å²) in [5.74, 6) is 0. The van der Waals surface area contributed by atoms with E-state index < -0.39 is 8.07 Å². The molecule has 0 spiro atoms. The molecule has 0 unspecified atom stereocenters. The molecule has 0 fully saturated rings. The fourth-order valence-corrected chi connectivity index (χ4v) is 5.42. The van der Waals surface area contributed by atoms with Gasteiger partial charge in [-0.3, -0.25) is 0 Å². The van der Waals surface area contributed by atoms with Crippen LogP contribution in [0.2, 0.25) is 6.55 Å². The van der Waals surface area contributed by atoms with Crippen LogP contribution in [0.3, 0.4) is 0 Å². The highest BCUT2D eigenvalue weighted by Gasteiger charge is 2.35. The van der Waals surface area contributed by atoms with Crippen LogP contribution in [0.4, 0.5) is 0 Å². The van der Waals surface area contributed by atoms with E-state index >= 15 is 0 Å². The van der Waals surface area contributed by atoms with Gasteiger partial charge in [-0.15, -0.1) is 0 Å². The van der Waals surface area contributed by atoms with Crippen LogP contribution in [0.25, 0.3) is 0 Å². The largest absolute Gasteiger partial charge is 0.330 e. The van der Waals surface area contributed by atoms with Crippen molar-refractivity contribution in [3.05, 3.63) is 60.7 Å². The zero-order chi connectivity index (χ0) is 12.3. The van der Waals surface area contributed by atoms with Crippen molar-refractivity contribution in [3.8, 4) is 0 Å². The van der Waals surface area contributed by atoms with Gasteiger partial charge in [0.1, 0.15) is 8.07 Å². The molecule has 2 heteroatoms. The highest BCUT2D eigenvalue weighted by atomic mass is 28.3. The molecule has 0 aromatic heterocycles. The van der Waals surface area contributed by atoms with E-state index in [1.807, 2.05) is 0 Å². The first-order chi connectivity index (χ1) is 8.15. The van der Waals surface area contributed by atoms with E-state index in [9.17, 15) is 0 Å². The summed E-state index contributed by atoms with van der Waals surface area (Å²) in [5, 5.41) is 2.81. The Morgan fingerprint density at radius 3 is 1.47 bits per heavy atom. The van der Waals surface area contributed by atoms with E-state index in [4.69, 9.17) is 5.73 Å². The molecule has 2 rings (SSSR count). The van der Waals surface area contributed by atoms with Crippen molar-refractivity contribution < 1.29 is 0 Å². The molecule has 1 nitrogen and oxygen atoms in total. The van der Waals surface area contributed by atoms with Crippen molar-refractivity contribution in [1.29, 1.82) is 0 Å². The quantitative estimate of drug-likeness (QED) is 0.814. The predicted octanol–water partition coefficient (Wildman–Crippen LogP) is 1.77. The fraction of sp³-hybridized carbons (Fsp3) is 0.200. The summed E-state index contributed by atoms with van der Waals surface area (Å²) in [6, 6.07) is 21.4. The average molecular weight is 241 g/mol. The van der Waals surface area contributed by atoms with Crippen molar-refractivity contribution >= 4 is 18.4 Å². The predicted molar refractivity (Wildman–Crippen MR) is 77.4 cm³/mol. The van der Waals surface area contributed by atoms with Crippen molar-refractivity contribution in [1.82, 2.24) is 0 Å². The lowest BCUT2D eigenvalue weighted by molar-refractivity contribution is 0.988. The summed E-state index contributed by atoms with van der Waals surface area (Å²) in [6.45, 7) is 4.48. The van der Waals surface area contributed by atoms with E-state index in [1.54, 1.807) is 0 Å². The molecular weight excluding hydrogens is 222 g/mol. The van der Waals surface area contributed by atoms with E-state index in [2.05, 4.69) is 74.1 Å². The molecule has 88 valence electrons. The van der Waals surface area contributed by atoms with Crippen molar-refractivity contribution in [3.63, 3.8) is 0 Å². The third-order valence-corrected chi connectivity index (χ3v) is 8.54. The topological polar surface area (TPSA) is 26.0 Å². The van der Waals surface area contributed by atoms with Gasteiger partial charge in [-0.1, -0.05) is 84.5 Å². The smallest absolute Gasteiger partial charge is 0.131 e. The molecule has 0 saturated carbocycles. The second-order valence-electron chi connectivity index (χ2n) is 4.72. The zero-order valence-corrected chi connectivity index (χ0v) is 11.4. The molecule has 0 aliphatic rings. The minimum absolute atomic E-state index is 0.201. The van der Waals surface area contributed by atoms with Crippen molar-refractivity contribution in [2.45, 2.75) is 19.1 Å². The van der Waals surface area contributed by atoms with Gasteiger partial charge in [-0.2, -0.15) is 0 Å². The van der Waals surface area contributed by atoms with Gasteiger partial charge in [0.2, 0.25) is 0 Å². The van der Waals surface area contributed by atoms with Gasteiger partial charge in [-0.25, -0.2) is 0 Å². The van der Waals surface area contributed by atoms with Crippen LogP contribution in [-0.4, -0.2) is 13.7 Å². The highest BCUT2D eigenvalue weighted by Crippen LogP contribution is 2.08. The first-order valence-corrected chi connectivity index (χ1v) is 8.60. The standard InChI is InChI=1S/C15H19NSi/c1-13(16)17(2,14-9-5-3-6-10-14)15-11-7-4-8-12-15/h3-13H,16H2,1-2H3/t13-/m1/s1. The molecule has 2 aromatic rings. The molecule has 0 radical (unpaired) electrons. The monoisotopic (exact) mass is 241 g/mol. The maximum absolute atomic E-state index is 6.30. The zero-order valence-electron chi connectivity index (χ0n) is 10.4. The van der Waals surface area contributed by atoms with E-state index in [-0.39, 0.29) is 5.67 Å². The van der Waals surface area contributed by atoms with Crippen LogP contribution in [0.5, 0.6) is 0 Å². The third-order valence-electron chi connectivity index (χ3n) is 3.66. The van der Waals surface area contributed by atoms with Crippen molar-refractivity contribution in [2.75, 3.05) is 0 Å². The van der Waals surface area contributed by atoms with E-state index in [0.29, 0.717) is 0 Å². The number of nitrogens with two attached hydrogens (primary N) is 1. The summed E-state index contributed by atoms with van der Waals surface area (Å²) in [5.41, 5.74) is 6.50. The lowest BCUT2D eigenvalue weighted by Gasteiger charge is -2.32. The lowest BCUT2D eigenvalue weighted by atomic mass is 10.4. The number of rotatable bonds is 3. The summed E-state index contributed by atoms with van der Waals surface area (Å²) in [7, 11) is -1.80. The highest BCUT2D eigenvalue weighted by molar-refractivity contribution is 7.02. The van der Waals surface area contributed by atoms with Gasteiger partial charge >= 0.3 is 0 Å². The second kappa shape index (κ2) is 4.86. The van der Waals surface area contributed by atoms with Gasteiger partial charge in [0.15, 0.2) is 0 Å². The molecule has 0 aliphatic heterocycles. The van der Waals surface area contributed by atoms with Crippen LogP contribution in [0.1, 0.15) is 6.92 Å². The minimum atomic E-state index is -1.80. The van der Waals surface area contributed by atoms with Crippen LogP contribution in [0, 0.1) is 0 Å². The molecule has 0 heterocycles. The Morgan fingerprint density at radius 2 is 1.18 bits per heavy atom. The number of hydrogen-bond acceptors (Lipinski definition) is 1. The molecule has 0 saturated heterocycles. The molecule has 2 aromatic carbocycles. The van der Waals surface area contributed by atoms with Gasteiger partial charge in [0.25, 0.3) is 0 Å². The van der Waals surface area contributed by atoms with Gasteiger partial charge in [-0.05, 0) is 0 Å². The van der Waals surface area contributed by atoms with E-state index in [0.717, 1.165) is 0 Å². The van der Waals surface area contributed by atoms with Crippen LogP contribution in [0.15, 0.2) is 60.7 Å². The Bertz CT molecular complexity index is 425. The maximum Gasteiger partial charge on any atom is 0.131 e. The first kappa shape index (κ1) is 12.1. The summed E-state index contributed by atoms with van der Waals surface area (Å²) in [4.78, 5) is 0. The lowest BCUT2D eigenvalue weighted by Crippen LogP contribution is -2.66. The minimum Gasteiger partial charge on any atom is -0.330 e. The summed E-state index contributed by atoms with van der Waals surface area (Å²) in [6.07, 6.45) is 0. The summed E-state index contributed by atoms with van der Waals surface area (Å²) >= 11 is 0. The van der Waals surface area contributed by atoms with Gasteiger partial charge in [0.05, 0.1) is 0 Å². The summed E-state index contributed by atoms with van der Waals surface area (Å²) < 4.78 is 0. The molecular formula is C15H19NSi. The van der Waals surface area contributed by atoms with Crippen LogP contribution >= 0.6 is 0 Å². The average Bonchev–Trinajstić information content (AvgIpc) is 2.39. The van der Waals surface area contributed by atoms with Gasteiger partial charge in [0, 0.05) is 5.67 Å². The Hall–Kier alpha value is -1.38. The second-order valence-corrected chi connectivity index (χ2v) is 9.19. The molecule has 1 atom stereocenters. The molecule has 2 N–H and O–H groups in total. The number of benzene rings is 2. The Kier molecular flexibility index (Phi) is 3.45. The molecule has 0 amide bonds. The third kappa shape index (κ3) is 2.19. The molecule has 0 aliphatic carbocycles. The Morgan fingerprint density at radius 1 is 0.824 bits per heavy atom. The van der Waals surface area contributed by atoms with E-state index in [1.165, 1.54) is 10.4 Å². The van der Waals surface area contributed by atoms with Crippen molar-refractivity contribution in [2.24, 2.45) is 5.73 Å². The van der Waals surface area contributed by atoms with Gasteiger partial charge < -0.3 is 5.73 Å². The van der Waals surface area contributed by atoms with Crippen LogP contribution < -0.4 is 16.1 Å². The SMILES string of the molecule is C[C@H](N)[Si](C)(c1ccccc1)c1ccccc1. The maximum atomic E-state index is 6.30. The molecule has 0 bridgehead atoms. The normalized spacial score (nSPS) is 13.4. The fourth-order valence-electron chi connectivity index (χ4n) is 2.26. The Balaban J connectivity index is 2.55. The molecule has 17 heavy (non-hydrogen) atoms. The number of hydrogen-bond donors (Lipinski definition) is 1. The van der Waals surface area contributed by atoms with Crippen LogP contribution in [-0.2, 0) is 0 Å². The first-order valence-electron chi connectivity index (χ1n) is 6.02.